The molecular weight excluding hydrogens is 299 g/mol. The summed E-state index contributed by atoms with van der Waals surface area (Å²) in [6.07, 6.45) is 0. The van der Waals surface area contributed by atoms with Crippen molar-refractivity contribution in [3.05, 3.63) is 34.7 Å². The highest BCUT2D eigenvalue weighted by molar-refractivity contribution is 7.21. The van der Waals surface area contributed by atoms with Crippen molar-refractivity contribution in [3.8, 4) is 0 Å². The monoisotopic (exact) mass is 308 g/mol. The van der Waals surface area contributed by atoms with E-state index in [1.54, 1.807) is 13.0 Å². The van der Waals surface area contributed by atoms with E-state index in [-0.39, 0.29) is 17.4 Å². The molecule has 0 bridgehead atoms. The molecule has 0 saturated carbocycles. The van der Waals surface area contributed by atoms with Crippen molar-refractivity contribution in [2.75, 3.05) is 11.1 Å². The Morgan fingerprint density at radius 2 is 2.25 bits per heavy atom. The SMILES string of the molecule is Cc1nsc(NC(=O)c2sc3ccc(F)cc3c2N)n1. The third-order valence-electron chi connectivity index (χ3n) is 2.64. The van der Waals surface area contributed by atoms with Gasteiger partial charge in [-0.15, -0.1) is 11.3 Å². The minimum absolute atomic E-state index is 0.281. The molecule has 3 N–H and O–H groups in total. The molecule has 0 radical (unpaired) electrons. The number of carbonyl (C=O) groups excluding carboxylic acids is 1. The summed E-state index contributed by atoms with van der Waals surface area (Å²) in [6, 6.07) is 4.28. The van der Waals surface area contributed by atoms with Crippen LogP contribution in [0.25, 0.3) is 10.1 Å². The summed E-state index contributed by atoms with van der Waals surface area (Å²) in [5.74, 6) is -0.148. The molecule has 0 aliphatic heterocycles. The molecule has 0 spiro atoms. The lowest BCUT2D eigenvalue weighted by Crippen LogP contribution is -2.11. The van der Waals surface area contributed by atoms with Crippen LogP contribution in [0.3, 0.4) is 0 Å². The van der Waals surface area contributed by atoms with Crippen LogP contribution >= 0.6 is 22.9 Å². The van der Waals surface area contributed by atoms with Crippen molar-refractivity contribution >= 4 is 49.7 Å². The number of nitrogen functional groups attached to an aromatic ring is 1. The van der Waals surface area contributed by atoms with Crippen LogP contribution in [0.1, 0.15) is 15.5 Å². The van der Waals surface area contributed by atoms with Crippen LogP contribution in [0.4, 0.5) is 15.2 Å². The molecule has 0 unspecified atom stereocenters. The summed E-state index contributed by atoms with van der Waals surface area (Å²) in [7, 11) is 0. The van der Waals surface area contributed by atoms with Gasteiger partial charge in [-0.25, -0.2) is 9.37 Å². The van der Waals surface area contributed by atoms with Crippen LogP contribution < -0.4 is 11.1 Å². The van der Waals surface area contributed by atoms with Crippen molar-refractivity contribution in [2.45, 2.75) is 6.92 Å². The predicted molar refractivity (Wildman–Crippen MR) is 78.8 cm³/mol. The third kappa shape index (κ3) is 2.23. The Morgan fingerprint density at radius 3 is 2.95 bits per heavy atom. The smallest absolute Gasteiger partial charge is 0.269 e. The molecule has 0 aliphatic carbocycles. The fourth-order valence-electron chi connectivity index (χ4n) is 1.76. The summed E-state index contributed by atoms with van der Waals surface area (Å²) >= 11 is 2.32. The lowest BCUT2D eigenvalue weighted by molar-refractivity contribution is 0.103. The number of halogens is 1. The maximum Gasteiger partial charge on any atom is 0.269 e. The zero-order chi connectivity index (χ0) is 14.3. The van der Waals surface area contributed by atoms with Crippen LogP contribution in [0, 0.1) is 12.7 Å². The Labute approximate surface area is 121 Å². The molecule has 1 aromatic carbocycles. The maximum atomic E-state index is 13.2. The molecular formula is C12H9FN4OS2. The normalized spacial score (nSPS) is 10.9. The zero-order valence-corrected chi connectivity index (χ0v) is 11.9. The number of thiophene rings is 1. The number of hydrogen-bond acceptors (Lipinski definition) is 6. The summed E-state index contributed by atoms with van der Waals surface area (Å²) in [4.78, 5) is 16.6. The molecule has 102 valence electrons. The summed E-state index contributed by atoms with van der Waals surface area (Å²) in [5, 5.41) is 3.60. The first-order valence-electron chi connectivity index (χ1n) is 5.64. The van der Waals surface area contributed by atoms with Gasteiger partial charge < -0.3 is 5.73 Å². The molecule has 0 atom stereocenters. The van der Waals surface area contributed by atoms with E-state index in [2.05, 4.69) is 14.7 Å². The van der Waals surface area contributed by atoms with Gasteiger partial charge in [0.25, 0.3) is 5.91 Å². The highest BCUT2D eigenvalue weighted by Gasteiger charge is 2.18. The highest BCUT2D eigenvalue weighted by Crippen LogP contribution is 2.34. The van der Waals surface area contributed by atoms with Gasteiger partial charge in [0.05, 0.1) is 5.69 Å². The summed E-state index contributed by atoms with van der Waals surface area (Å²) in [5.41, 5.74) is 6.20. The molecule has 3 rings (SSSR count). The fourth-order valence-corrected chi connectivity index (χ4v) is 3.33. The number of rotatable bonds is 2. The quantitative estimate of drug-likeness (QED) is 0.762. The number of amides is 1. The number of fused-ring (bicyclic) bond motifs is 1. The second-order valence-electron chi connectivity index (χ2n) is 4.09. The largest absolute Gasteiger partial charge is 0.397 e. The number of aromatic nitrogens is 2. The van der Waals surface area contributed by atoms with Gasteiger partial charge in [-0.1, -0.05) is 0 Å². The van der Waals surface area contributed by atoms with Crippen molar-refractivity contribution in [1.82, 2.24) is 9.36 Å². The van der Waals surface area contributed by atoms with Gasteiger partial charge in [-0.2, -0.15) is 4.37 Å². The fraction of sp³-hybridized carbons (Fsp3) is 0.0833. The van der Waals surface area contributed by atoms with E-state index in [1.807, 2.05) is 0 Å². The molecule has 0 saturated heterocycles. The second kappa shape index (κ2) is 4.80. The molecule has 2 aromatic heterocycles. The molecule has 8 heteroatoms. The topological polar surface area (TPSA) is 80.9 Å². The van der Waals surface area contributed by atoms with Crippen LogP contribution in [-0.4, -0.2) is 15.3 Å². The number of nitrogens with zero attached hydrogens (tertiary/aromatic N) is 2. The molecule has 2 heterocycles. The lowest BCUT2D eigenvalue weighted by atomic mass is 10.2. The van der Waals surface area contributed by atoms with E-state index in [0.717, 1.165) is 16.2 Å². The Bertz CT molecular complexity index is 811. The molecule has 1 amide bonds. The number of benzene rings is 1. The lowest BCUT2D eigenvalue weighted by Gasteiger charge is -1.99. The summed E-state index contributed by atoms with van der Waals surface area (Å²) < 4.78 is 18.0. The van der Waals surface area contributed by atoms with E-state index in [0.29, 0.717) is 21.2 Å². The second-order valence-corrected chi connectivity index (χ2v) is 5.89. The number of carbonyl (C=O) groups is 1. The Morgan fingerprint density at radius 1 is 1.45 bits per heavy atom. The number of aryl methyl sites for hydroxylation is 1. The van der Waals surface area contributed by atoms with Gasteiger partial charge in [0.15, 0.2) is 0 Å². The molecule has 3 aromatic rings. The van der Waals surface area contributed by atoms with E-state index >= 15 is 0 Å². The van der Waals surface area contributed by atoms with Crippen LogP contribution in [0.15, 0.2) is 18.2 Å². The average Bonchev–Trinajstić information content (AvgIpc) is 2.94. The van der Waals surface area contributed by atoms with E-state index in [1.165, 1.54) is 23.5 Å². The van der Waals surface area contributed by atoms with Crippen molar-refractivity contribution in [2.24, 2.45) is 0 Å². The van der Waals surface area contributed by atoms with Crippen LogP contribution in [0.5, 0.6) is 0 Å². The minimum atomic E-state index is -0.381. The van der Waals surface area contributed by atoms with Gasteiger partial charge in [-0.3, -0.25) is 10.1 Å². The van der Waals surface area contributed by atoms with Crippen molar-refractivity contribution < 1.29 is 9.18 Å². The highest BCUT2D eigenvalue weighted by atomic mass is 32.1. The first-order chi connectivity index (χ1) is 9.54. The van der Waals surface area contributed by atoms with Gasteiger partial charge >= 0.3 is 0 Å². The standard InChI is InChI=1S/C12H9FN4OS2/c1-5-15-12(20-17-5)16-11(18)10-9(14)7-4-6(13)2-3-8(7)19-10/h2-4H,14H2,1H3,(H,15,16,17,18). The number of nitrogens with two attached hydrogens (primary N) is 1. The molecule has 20 heavy (non-hydrogen) atoms. The number of nitrogens with one attached hydrogen (secondary N) is 1. The Hall–Kier alpha value is -2.06. The molecule has 5 nitrogen and oxygen atoms in total. The Balaban J connectivity index is 1.97. The van der Waals surface area contributed by atoms with E-state index in [4.69, 9.17) is 5.73 Å². The summed E-state index contributed by atoms with van der Waals surface area (Å²) in [6.45, 7) is 1.74. The van der Waals surface area contributed by atoms with Crippen LogP contribution in [0.2, 0.25) is 0 Å². The first kappa shape index (κ1) is 12.9. The Kier molecular flexibility index (Phi) is 3.11. The third-order valence-corrected chi connectivity index (χ3v) is 4.55. The van der Waals surface area contributed by atoms with Gasteiger partial charge in [0, 0.05) is 21.6 Å². The minimum Gasteiger partial charge on any atom is -0.397 e. The van der Waals surface area contributed by atoms with Crippen molar-refractivity contribution in [1.29, 1.82) is 0 Å². The molecule has 0 fully saturated rings. The number of hydrogen-bond donors (Lipinski definition) is 2. The maximum absolute atomic E-state index is 13.2. The van der Waals surface area contributed by atoms with Gasteiger partial charge in [0.2, 0.25) is 5.13 Å². The predicted octanol–water partition coefficient (Wildman–Crippen LogP) is 3.03. The first-order valence-corrected chi connectivity index (χ1v) is 7.23. The van der Waals surface area contributed by atoms with Crippen molar-refractivity contribution in [3.63, 3.8) is 0 Å². The van der Waals surface area contributed by atoms with E-state index in [9.17, 15) is 9.18 Å². The average molecular weight is 308 g/mol. The van der Waals surface area contributed by atoms with Crippen LogP contribution in [-0.2, 0) is 0 Å². The van der Waals surface area contributed by atoms with E-state index < -0.39 is 0 Å². The van der Waals surface area contributed by atoms with Gasteiger partial charge in [0.1, 0.15) is 16.5 Å². The molecule has 0 aliphatic rings. The van der Waals surface area contributed by atoms with Gasteiger partial charge in [-0.05, 0) is 25.1 Å². The zero-order valence-electron chi connectivity index (χ0n) is 10.3. The number of anilines is 2.